The maximum Gasteiger partial charge on any atom is 0.144 e. The zero-order valence-corrected chi connectivity index (χ0v) is 8.62. The first-order valence-electron chi connectivity index (χ1n) is 4.48. The van der Waals surface area contributed by atoms with E-state index in [1.165, 1.54) is 6.20 Å². The van der Waals surface area contributed by atoms with Crippen LogP contribution < -0.4 is 11.1 Å². The van der Waals surface area contributed by atoms with E-state index in [-0.39, 0.29) is 5.41 Å². The molecule has 4 heteroatoms. The van der Waals surface area contributed by atoms with E-state index in [2.05, 4.69) is 35.7 Å². The van der Waals surface area contributed by atoms with Crippen molar-refractivity contribution >= 4 is 11.6 Å². The number of nitrogens with zero attached hydrogens (tertiary/aromatic N) is 2. The van der Waals surface area contributed by atoms with Crippen LogP contribution in [-0.4, -0.2) is 16.5 Å². The molecule has 0 aliphatic heterocycles. The van der Waals surface area contributed by atoms with Gasteiger partial charge in [0.25, 0.3) is 0 Å². The Morgan fingerprint density at radius 2 is 2.21 bits per heavy atom. The summed E-state index contributed by atoms with van der Waals surface area (Å²) in [7, 11) is 0. The van der Waals surface area contributed by atoms with Crippen LogP contribution in [-0.2, 0) is 0 Å². The summed E-state index contributed by atoms with van der Waals surface area (Å²) < 4.78 is 0. The molecule has 0 saturated carbocycles. The highest BCUT2D eigenvalue weighted by Gasteiger charge is 2.12. The number of hydrogen-bond donors (Lipinski definition) is 2. The van der Waals surface area contributed by atoms with Gasteiger partial charge in [0.15, 0.2) is 0 Å². The lowest BCUT2D eigenvalue weighted by atomic mass is 9.94. The van der Waals surface area contributed by atoms with Crippen molar-refractivity contribution in [2.45, 2.75) is 13.8 Å². The highest BCUT2D eigenvalue weighted by molar-refractivity contribution is 5.36. The molecule has 0 atom stereocenters. The van der Waals surface area contributed by atoms with Gasteiger partial charge in [-0.25, -0.2) is 9.97 Å². The first kappa shape index (κ1) is 10.5. The van der Waals surface area contributed by atoms with Crippen molar-refractivity contribution in [1.29, 1.82) is 0 Å². The molecule has 0 radical (unpaired) electrons. The second-order valence-corrected chi connectivity index (χ2v) is 3.87. The maximum atomic E-state index is 5.42. The molecule has 4 nitrogen and oxygen atoms in total. The number of nitrogens with two attached hydrogens (primary N) is 1. The molecule has 0 saturated heterocycles. The molecule has 1 rings (SSSR count). The summed E-state index contributed by atoms with van der Waals surface area (Å²) in [5, 5.41) is 3.16. The molecule has 0 aliphatic carbocycles. The van der Waals surface area contributed by atoms with Gasteiger partial charge in [-0.05, 0) is 5.41 Å². The lowest BCUT2D eigenvalue weighted by molar-refractivity contribution is 0.513. The Morgan fingerprint density at radius 3 is 2.71 bits per heavy atom. The fraction of sp³-hybridized carbons (Fsp3) is 0.400. The fourth-order valence-electron chi connectivity index (χ4n) is 0.820. The first-order valence-corrected chi connectivity index (χ1v) is 4.48. The van der Waals surface area contributed by atoms with Crippen LogP contribution in [0.1, 0.15) is 13.8 Å². The molecular weight excluding hydrogens is 176 g/mol. The minimum absolute atomic E-state index is 0.0447. The SMILES string of the molecule is C=CC(C)(C)CNc1cnc(N)cn1. The van der Waals surface area contributed by atoms with Crippen molar-refractivity contribution in [1.82, 2.24) is 9.97 Å². The topological polar surface area (TPSA) is 63.8 Å². The summed E-state index contributed by atoms with van der Waals surface area (Å²) in [5.74, 6) is 1.16. The molecule has 76 valence electrons. The van der Waals surface area contributed by atoms with Gasteiger partial charge in [-0.15, -0.1) is 6.58 Å². The van der Waals surface area contributed by atoms with Crippen molar-refractivity contribution < 1.29 is 0 Å². The van der Waals surface area contributed by atoms with Crippen LogP contribution in [0.5, 0.6) is 0 Å². The average Bonchev–Trinajstić information content (AvgIpc) is 2.17. The molecule has 0 bridgehead atoms. The van der Waals surface area contributed by atoms with Crippen molar-refractivity contribution in [3.63, 3.8) is 0 Å². The number of anilines is 2. The minimum Gasteiger partial charge on any atom is -0.382 e. The second kappa shape index (κ2) is 4.09. The minimum atomic E-state index is 0.0447. The Labute approximate surface area is 84.3 Å². The van der Waals surface area contributed by atoms with Crippen molar-refractivity contribution in [2.75, 3.05) is 17.6 Å². The van der Waals surface area contributed by atoms with Crippen LogP contribution in [0.15, 0.2) is 25.0 Å². The normalized spacial score (nSPS) is 11.0. The van der Waals surface area contributed by atoms with Crippen LogP contribution in [0.4, 0.5) is 11.6 Å². The Morgan fingerprint density at radius 1 is 1.50 bits per heavy atom. The van der Waals surface area contributed by atoms with Gasteiger partial charge in [0, 0.05) is 6.54 Å². The average molecular weight is 192 g/mol. The molecule has 0 aliphatic rings. The Balaban J connectivity index is 2.54. The van der Waals surface area contributed by atoms with Crippen LogP contribution in [0, 0.1) is 5.41 Å². The van der Waals surface area contributed by atoms with Gasteiger partial charge in [0.1, 0.15) is 11.6 Å². The molecular formula is C10H16N4. The zero-order chi connectivity index (χ0) is 10.6. The molecule has 0 fully saturated rings. The number of rotatable bonds is 4. The third-order valence-electron chi connectivity index (χ3n) is 1.95. The van der Waals surface area contributed by atoms with E-state index < -0.39 is 0 Å². The van der Waals surface area contributed by atoms with Crippen molar-refractivity contribution in [2.24, 2.45) is 5.41 Å². The van der Waals surface area contributed by atoms with Gasteiger partial charge in [-0.2, -0.15) is 0 Å². The molecule has 14 heavy (non-hydrogen) atoms. The van der Waals surface area contributed by atoms with E-state index >= 15 is 0 Å². The van der Waals surface area contributed by atoms with E-state index in [0.717, 1.165) is 12.4 Å². The summed E-state index contributed by atoms with van der Waals surface area (Å²) in [6.45, 7) is 8.73. The number of aromatic nitrogens is 2. The van der Waals surface area contributed by atoms with Crippen LogP contribution in [0.3, 0.4) is 0 Å². The van der Waals surface area contributed by atoms with Gasteiger partial charge >= 0.3 is 0 Å². The molecule has 0 amide bonds. The van der Waals surface area contributed by atoms with E-state index in [1.54, 1.807) is 6.20 Å². The summed E-state index contributed by atoms with van der Waals surface area (Å²) in [5.41, 5.74) is 5.46. The smallest absolute Gasteiger partial charge is 0.144 e. The highest BCUT2D eigenvalue weighted by atomic mass is 15.0. The molecule has 0 unspecified atom stereocenters. The molecule has 1 aromatic rings. The fourth-order valence-corrected chi connectivity index (χ4v) is 0.820. The monoisotopic (exact) mass is 192 g/mol. The molecule has 1 heterocycles. The Kier molecular flexibility index (Phi) is 3.06. The first-order chi connectivity index (χ1) is 6.53. The predicted octanol–water partition coefficient (Wildman–Crippen LogP) is 1.68. The van der Waals surface area contributed by atoms with Gasteiger partial charge in [-0.1, -0.05) is 19.9 Å². The zero-order valence-electron chi connectivity index (χ0n) is 8.62. The Bertz CT molecular complexity index is 302. The number of nitrogens with one attached hydrogen (secondary N) is 1. The van der Waals surface area contributed by atoms with Gasteiger partial charge in [0.2, 0.25) is 0 Å². The van der Waals surface area contributed by atoms with Gasteiger partial charge in [0.05, 0.1) is 12.4 Å². The lowest BCUT2D eigenvalue weighted by Gasteiger charge is -2.20. The van der Waals surface area contributed by atoms with Crippen LogP contribution in [0.2, 0.25) is 0 Å². The molecule has 3 N–H and O–H groups in total. The molecule has 0 spiro atoms. The van der Waals surface area contributed by atoms with Gasteiger partial charge in [-0.3, -0.25) is 0 Å². The maximum absolute atomic E-state index is 5.42. The van der Waals surface area contributed by atoms with Crippen LogP contribution in [0.25, 0.3) is 0 Å². The predicted molar refractivity (Wildman–Crippen MR) is 58.9 cm³/mol. The lowest BCUT2D eigenvalue weighted by Crippen LogP contribution is -2.20. The highest BCUT2D eigenvalue weighted by Crippen LogP contribution is 2.16. The van der Waals surface area contributed by atoms with Gasteiger partial charge < -0.3 is 11.1 Å². The largest absolute Gasteiger partial charge is 0.382 e. The number of hydrogen-bond acceptors (Lipinski definition) is 4. The van der Waals surface area contributed by atoms with E-state index in [4.69, 9.17) is 5.73 Å². The van der Waals surface area contributed by atoms with E-state index in [9.17, 15) is 0 Å². The molecule has 0 aromatic carbocycles. The van der Waals surface area contributed by atoms with E-state index in [1.807, 2.05) is 6.08 Å². The summed E-state index contributed by atoms with van der Waals surface area (Å²) in [4.78, 5) is 8.02. The third kappa shape index (κ3) is 3.05. The summed E-state index contributed by atoms with van der Waals surface area (Å²) in [6.07, 6.45) is 5.06. The summed E-state index contributed by atoms with van der Waals surface area (Å²) in [6, 6.07) is 0. The van der Waals surface area contributed by atoms with E-state index in [0.29, 0.717) is 5.82 Å². The third-order valence-corrected chi connectivity index (χ3v) is 1.95. The van der Waals surface area contributed by atoms with Crippen molar-refractivity contribution in [3.8, 4) is 0 Å². The van der Waals surface area contributed by atoms with Crippen molar-refractivity contribution in [3.05, 3.63) is 25.0 Å². The number of nitrogen functional groups attached to an aromatic ring is 1. The van der Waals surface area contributed by atoms with Crippen LogP contribution >= 0.6 is 0 Å². The quantitative estimate of drug-likeness (QED) is 0.712. The summed E-state index contributed by atoms with van der Waals surface area (Å²) >= 11 is 0. The Hall–Kier alpha value is -1.58. The second-order valence-electron chi connectivity index (χ2n) is 3.87. The standard InChI is InChI=1S/C10H16N4/c1-4-10(2,3)7-14-9-6-12-8(11)5-13-9/h4-6H,1,7H2,2-3H3,(H2,11,12)(H,13,14). The molecule has 1 aromatic heterocycles.